The molecule has 0 spiro atoms. The predicted molar refractivity (Wildman–Crippen MR) is 41.4 cm³/mol. The lowest BCUT2D eigenvalue weighted by Crippen LogP contribution is -1.94. The Hall–Kier alpha value is -1.23. The van der Waals surface area contributed by atoms with Crippen LogP contribution in [0.25, 0.3) is 0 Å². The van der Waals surface area contributed by atoms with Crippen molar-refractivity contribution < 1.29 is 0 Å². The van der Waals surface area contributed by atoms with Crippen LogP contribution in [0.5, 0.6) is 0 Å². The third-order valence-corrected chi connectivity index (χ3v) is 1.27. The van der Waals surface area contributed by atoms with Crippen LogP contribution in [0.1, 0.15) is 20.3 Å². The van der Waals surface area contributed by atoms with E-state index in [0.29, 0.717) is 0 Å². The topological polar surface area (TPSA) is 26.5 Å². The van der Waals surface area contributed by atoms with Crippen molar-refractivity contribution in [1.82, 2.24) is 5.43 Å². The first-order valence-electron chi connectivity index (χ1n) is 3.28. The minimum atomic E-state index is 0.907. The van der Waals surface area contributed by atoms with Gasteiger partial charge in [-0.1, -0.05) is 12.8 Å². The largest absolute Gasteiger partial charge is 0.157 e. The van der Waals surface area contributed by atoms with Gasteiger partial charge in [-0.25, -0.2) is 0 Å². The van der Waals surface area contributed by atoms with Crippen molar-refractivity contribution in [1.29, 1.82) is 0 Å². The maximum Gasteiger partial charge on any atom is 0.0800 e. The normalized spacial score (nSPS) is 14.6. The van der Waals surface area contributed by atoms with E-state index in [2.05, 4.69) is 22.4 Å². The van der Waals surface area contributed by atoms with Crippen LogP contribution >= 0.6 is 0 Å². The molecule has 1 rings (SSSR count). The van der Waals surface area contributed by atoms with E-state index >= 15 is 0 Å². The average Bonchev–Trinajstić information content (AvgIpc) is 2.36. The molecule has 0 atom stereocenters. The molecule has 0 unspecified atom stereocenters. The minimum Gasteiger partial charge on any atom is -0.157 e. The van der Waals surface area contributed by atoms with Crippen LogP contribution in [0.2, 0.25) is 0 Å². The molecule has 0 saturated carbocycles. The summed E-state index contributed by atoms with van der Waals surface area (Å²) < 4.78 is 0. The molecule has 51 valence electrons. The second kappa shape index (κ2) is 3.07. The summed E-state index contributed by atoms with van der Waals surface area (Å²) >= 11 is 0. The number of rotatable bonds is 1. The highest BCUT2D eigenvalue weighted by atomic mass is 15.3. The van der Waals surface area contributed by atoms with Crippen LogP contribution in [0.15, 0.2) is 16.9 Å². The van der Waals surface area contributed by atoms with Crippen molar-refractivity contribution in [2.45, 2.75) is 20.3 Å². The third kappa shape index (κ3) is 1.19. The predicted octanol–water partition coefficient (Wildman–Crippen LogP) is 1.28. The van der Waals surface area contributed by atoms with Crippen LogP contribution in [-0.2, 0) is 0 Å². The molecule has 1 aliphatic heterocycles. The fourth-order valence-corrected chi connectivity index (χ4v) is 0.785. The van der Waals surface area contributed by atoms with E-state index in [1.54, 1.807) is 6.20 Å². The Bertz CT molecular complexity index is 238. The first-order valence-corrected chi connectivity index (χ1v) is 3.28. The molecule has 0 amide bonds. The molecule has 0 aliphatic carbocycles. The molecular weight excluding hydrogens is 124 g/mol. The van der Waals surface area contributed by atoms with E-state index in [1.807, 2.05) is 13.8 Å². The van der Waals surface area contributed by atoms with E-state index in [4.69, 9.17) is 0 Å². The summed E-state index contributed by atoms with van der Waals surface area (Å²) in [6, 6.07) is 0. The summed E-state index contributed by atoms with van der Waals surface area (Å²) in [7, 11) is 0. The van der Waals surface area contributed by atoms with Gasteiger partial charge >= 0.3 is 0 Å². The second-order valence-electron chi connectivity index (χ2n) is 1.93. The van der Waals surface area contributed by atoms with Crippen molar-refractivity contribution in [3.8, 4) is 11.8 Å². The van der Waals surface area contributed by atoms with E-state index < -0.39 is 0 Å². The zero-order valence-electron chi connectivity index (χ0n) is 6.18. The standard InChI is InChI=1S/C8H9N2/c1-3-5-7-6-9-10-8(7)4-2/h6H,4H2,1-2H3. The molecular formula is C8H9N2. The molecule has 0 bridgehead atoms. The van der Waals surface area contributed by atoms with E-state index in [-0.39, 0.29) is 0 Å². The van der Waals surface area contributed by atoms with Crippen LogP contribution in [0.4, 0.5) is 0 Å². The lowest BCUT2D eigenvalue weighted by Gasteiger charge is -1.89. The number of hydrogen-bond acceptors (Lipinski definition) is 1. The molecule has 2 heteroatoms. The molecule has 0 N–H and O–H groups in total. The second-order valence-corrected chi connectivity index (χ2v) is 1.93. The molecule has 1 radical (unpaired) electrons. The maximum atomic E-state index is 3.90. The van der Waals surface area contributed by atoms with Gasteiger partial charge in [0.15, 0.2) is 0 Å². The molecule has 2 nitrogen and oxygen atoms in total. The Morgan fingerprint density at radius 1 is 1.60 bits per heavy atom. The maximum absolute atomic E-state index is 3.90. The van der Waals surface area contributed by atoms with E-state index in [9.17, 15) is 0 Å². The van der Waals surface area contributed by atoms with Crippen molar-refractivity contribution in [3.63, 3.8) is 0 Å². The summed E-state index contributed by atoms with van der Waals surface area (Å²) in [6.07, 6.45) is 2.61. The van der Waals surface area contributed by atoms with Crippen LogP contribution in [-0.4, -0.2) is 5.71 Å². The van der Waals surface area contributed by atoms with Crippen molar-refractivity contribution in [2.75, 3.05) is 0 Å². The van der Waals surface area contributed by atoms with Crippen LogP contribution in [0.3, 0.4) is 0 Å². The summed E-state index contributed by atoms with van der Waals surface area (Å²) in [6.45, 7) is 3.86. The zero-order valence-corrected chi connectivity index (χ0v) is 6.18. The Morgan fingerprint density at radius 2 is 2.40 bits per heavy atom. The Balaban J connectivity index is 2.76. The molecule has 0 fully saturated rings. The Morgan fingerprint density at radius 3 is 3.00 bits per heavy atom. The van der Waals surface area contributed by atoms with Crippen LogP contribution < -0.4 is 5.43 Å². The molecule has 0 aromatic carbocycles. The smallest absolute Gasteiger partial charge is 0.0800 e. The van der Waals surface area contributed by atoms with Crippen molar-refractivity contribution in [3.05, 3.63) is 11.8 Å². The van der Waals surface area contributed by atoms with E-state index in [1.165, 1.54) is 0 Å². The Labute approximate surface area is 61.0 Å². The van der Waals surface area contributed by atoms with Gasteiger partial charge in [-0.05, 0) is 13.3 Å². The highest BCUT2D eigenvalue weighted by Gasteiger charge is 2.07. The summed E-state index contributed by atoms with van der Waals surface area (Å²) in [5.41, 5.74) is 5.72. The van der Waals surface area contributed by atoms with Gasteiger partial charge in [0.2, 0.25) is 0 Å². The van der Waals surface area contributed by atoms with Crippen molar-refractivity contribution >= 4 is 5.71 Å². The molecule has 0 aromatic heterocycles. The third-order valence-electron chi connectivity index (χ3n) is 1.27. The molecule has 1 heterocycles. The monoisotopic (exact) mass is 133 g/mol. The van der Waals surface area contributed by atoms with Gasteiger partial charge in [0.25, 0.3) is 0 Å². The molecule has 0 saturated heterocycles. The van der Waals surface area contributed by atoms with Gasteiger partial charge in [-0.2, -0.15) is 10.5 Å². The lowest BCUT2D eigenvalue weighted by molar-refractivity contribution is 0.964. The average molecular weight is 133 g/mol. The molecule has 0 aromatic rings. The van der Waals surface area contributed by atoms with E-state index in [0.717, 1.165) is 17.7 Å². The summed E-state index contributed by atoms with van der Waals surface area (Å²) in [5, 5.41) is 3.90. The van der Waals surface area contributed by atoms with Crippen molar-refractivity contribution in [2.24, 2.45) is 5.10 Å². The van der Waals surface area contributed by atoms with Gasteiger partial charge in [0.1, 0.15) is 0 Å². The number of allylic oxidation sites excluding steroid dienone is 1. The lowest BCUT2D eigenvalue weighted by atomic mass is 10.1. The highest BCUT2D eigenvalue weighted by Crippen LogP contribution is 2.05. The van der Waals surface area contributed by atoms with Gasteiger partial charge in [-0.3, -0.25) is 0 Å². The molecule has 1 aliphatic rings. The van der Waals surface area contributed by atoms with Gasteiger partial charge < -0.3 is 0 Å². The number of hydrogen-bond donors (Lipinski definition) is 0. The first-order chi connectivity index (χ1) is 4.88. The zero-order chi connectivity index (χ0) is 7.40. The highest BCUT2D eigenvalue weighted by molar-refractivity contribution is 6.04. The number of nitrogens with zero attached hydrogens (tertiary/aromatic N) is 2. The minimum absolute atomic E-state index is 0.907. The van der Waals surface area contributed by atoms with Crippen LogP contribution in [0, 0.1) is 11.8 Å². The summed E-state index contributed by atoms with van der Waals surface area (Å²) in [4.78, 5) is 0. The van der Waals surface area contributed by atoms with Gasteiger partial charge in [0, 0.05) is 0 Å². The fourth-order valence-electron chi connectivity index (χ4n) is 0.785. The summed E-state index contributed by atoms with van der Waals surface area (Å²) in [5.74, 6) is 5.75. The molecule has 10 heavy (non-hydrogen) atoms. The first kappa shape index (κ1) is 6.88. The van der Waals surface area contributed by atoms with Gasteiger partial charge in [0.05, 0.1) is 17.5 Å². The SMILES string of the molecule is CC#CC1=C[N]N=C1CC. The fraction of sp³-hybridized carbons (Fsp3) is 0.375. The Kier molecular flexibility index (Phi) is 2.11. The van der Waals surface area contributed by atoms with Gasteiger partial charge in [-0.15, -0.1) is 5.92 Å². The quantitative estimate of drug-likeness (QED) is 0.482.